The van der Waals surface area contributed by atoms with E-state index in [1.165, 1.54) is 0 Å². The van der Waals surface area contributed by atoms with E-state index in [1.807, 2.05) is 49.1 Å². The standard InChI is InChI=1S/C17H19BrN4O2S2/c1-17(2,3)24-16(23)20-7-10-5-6-26-13(10)11-9-22-12(18)8-19-14(22)15(21-11)25-4/h5-6,8-9H,7H2,1-4H3,(H,20,23). The summed E-state index contributed by atoms with van der Waals surface area (Å²) in [4.78, 5) is 22.1. The Bertz CT molecular complexity index is 946. The second-order valence-electron chi connectivity index (χ2n) is 6.54. The minimum atomic E-state index is -0.519. The van der Waals surface area contributed by atoms with Crippen LogP contribution in [0.2, 0.25) is 0 Å². The predicted octanol–water partition coefficient (Wildman–Crippen LogP) is 4.97. The van der Waals surface area contributed by atoms with Gasteiger partial charge in [0.25, 0.3) is 0 Å². The first kappa shape index (κ1) is 19.2. The summed E-state index contributed by atoms with van der Waals surface area (Å²) in [6.45, 7) is 5.91. The summed E-state index contributed by atoms with van der Waals surface area (Å²) in [6.07, 6.45) is 5.27. The van der Waals surface area contributed by atoms with Crippen molar-refractivity contribution < 1.29 is 9.53 Å². The summed E-state index contributed by atoms with van der Waals surface area (Å²) in [6, 6.07) is 1.99. The lowest BCUT2D eigenvalue weighted by Gasteiger charge is -2.19. The van der Waals surface area contributed by atoms with E-state index >= 15 is 0 Å². The first-order valence-corrected chi connectivity index (χ1v) is 10.8. The fourth-order valence-electron chi connectivity index (χ4n) is 2.36. The lowest BCUT2D eigenvalue weighted by molar-refractivity contribution is 0.0523. The van der Waals surface area contributed by atoms with Gasteiger partial charge in [-0.15, -0.1) is 23.1 Å². The number of nitrogens with zero attached hydrogens (tertiary/aromatic N) is 3. The van der Waals surface area contributed by atoms with E-state index in [1.54, 1.807) is 29.3 Å². The number of halogens is 1. The molecule has 0 saturated heterocycles. The number of thioether (sulfide) groups is 1. The average molecular weight is 455 g/mol. The molecule has 0 bridgehead atoms. The molecule has 0 aliphatic heterocycles. The molecular weight excluding hydrogens is 436 g/mol. The number of carbonyl (C=O) groups is 1. The van der Waals surface area contributed by atoms with E-state index in [9.17, 15) is 4.79 Å². The largest absolute Gasteiger partial charge is 0.444 e. The van der Waals surface area contributed by atoms with Gasteiger partial charge in [0.15, 0.2) is 5.65 Å². The highest BCUT2D eigenvalue weighted by Gasteiger charge is 2.18. The van der Waals surface area contributed by atoms with Gasteiger partial charge in [-0.2, -0.15) is 0 Å². The Morgan fingerprint density at radius 2 is 2.23 bits per heavy atom. The van der Waals surface area contributed by atoms with Gasteiger partial charge in [-0.3, -0.25) is 4.40 Å². The topological polar surface area (TPSA) is 68.5 Å². The third kappa shape index (κ3) is 4.21. The summed E-state index contributed by atoms with van der Waals surface area (Å²) in [5.41, 5.74) is 2.14. The quantitative estimate of drug-likeness (QED) is 0.563. The van der Waals surface area contributed by atoms with Crippen LogP contribution in [0.1, 0.15) is 26.3 Å². The lowest BCUT2D eigenvalue weighted by Crippen LogP contribution is -2.32. The van der Waals surface area contributed by atoms with Crippen molar-refractivity contribution in [2.24, 2.45) is 0 Å². The number of alkyl carbamates (subject to hydrolysis) is 1. The van der Waals surface area contributed by atoms with Crippen LogP contribution in [-0.2, 0) is 11.3 Å². The fraction of sp³-hybridized carbons (Fsp3) is 0.353. The van der Waals surface area contributed by atoms with Gasteiger partial charge in [0, 0.05) is 12.7 Å². The van der Waals surface area contributed by atoms with E-state index in [0.717, 1.165) is 31.4 Å². The molecule has 0 aliphatic rings. The molecule has 1 N–H and O–H groups in total. The number of thiophene rings is 1. The zero-order valence-electron chi connectivity index (χ0n) is 14.9. The first-order valence-electron chi connectivity index (χ1n) is 7.89. The predicted molar refractivity (Wildman–Crippen MR) is 109 cm³/mol. The number of carbonyl (C=O) groups excluding carboxylic acids is 1. The number of ether oxygens (including phenoxy) is 1. The van der Waals surface area contributed by atoms with Crippen molar-refractivity contribution in [3.8, 4) is 10.6 Å². The van der Waals surface area contributed by atoms with Crippen LogP contribution in [-0.4, -0.2) is 32.3 Å². The molecule has 138 valence electrons. The molecule has 0 unspecified atom stereocenters. The maximum atomic E-state index is 11.9. The van der Waals surface area contributed by atoms with E-state index in [0.29, 0.717) is 6.54 Å². The van der Waals surface area contributed by atoms with Gasteiger partial charge >= 0.3 is 6.09 Å². The fourth-order valence-corrected chi connectivity index (χ4v) is 4.13. The Balaban J connectivity index is 1.87. The van der Waals surface area contributed by atoms with Crippen LogP contribution in [0.25, 0.3) is 16.2 Å². The molecule has 3 aromatic rings. The van der Waals surface area contributed by atoms with Gasteiger partial charge in [0.1, 0.15) is 15.2 Å². The van der Waals surface area contributed by atoms with Crippen molar-refractivity contribution in [3.05, 3.63) is 34.0 Å². The number of fused-ring (bicyclic) bond motifs is 1. The van der Waals surface area contributed by atoms with E-state index in [-0.39, 0.29) is 0 Å². The minimum absolute atomic E-state index is 0.382. The van der Waals surface area contributed by atoms with Crippen LogP contribution in [0.4, 0.5) is 4.79 Å². The maximum Gasteiger partial charge on any atom is 0.407 e. The number of rotatable bonds is 4. The molecule has 0 radical (unpaired) electrons. The summed E-state index contributed by atoms with van der Waals surface area (Å²) < 4.78 is 8.14. The van der Waals surface area contributed by atoms with Gasteiger partial charge in [-0.05, 0) is 60.0 Å². The molecule has 0 aliphatic carbocycles. The lowest BCUT2D eigenvalue weighted by atomic mass is 10.2. The molecule has 3 aromatic heterocycles. The Hall–Kier alpha value is -1.58. The van der Waals surface area contributed by atoms with Gasteiger partial charge < -0.3 is 10.1 Å². The SMILES string of the molecule is CSc1nc(-c2sccc2CNC(=O)OC(C)(C)C)cn2c(Br)cnc12. The van der Waals surface area contributed by atoms with Crippen molar-refractivity contribution in [2.75, 3.05) is 6.26 Å². The molecule has 1 amide bonds. The van der Waals surface area contributed by atoms with E-state index in [2.05, 4.69) is 26.2 Å². The zero-order chi connectivity index (χ0) is 18.9. The molecule has 0 aromatic carbocycles. The normalized spacial score (nSPS) is 11.7. The molecule has 3 rings (SSSR count). The van der Waals surface area contributed by atoms with Crippen LogP contribution in [0.15, 0.2) is 33.5 Å². The zero-order valence-corrected chi connectivity index (χ0v) is 18.1. The molecule has 0 saturated carbocycles. The summed E-state index contributed by atoms with van der Waals surface area (Å²) in [5.74, 6) is 0. The third-order valence-electron chi connectivity index (χ3n) is 3.41. The molecule has 0 fully saturated rings. The summed E-state index contributed by atoms with van der Waals surface area (Å²) in [5, 5.41) is 5.66. The molecule has 26 heavy (non-hydrogen) atoms. The first-order chi connectivity index (χ1) is 12.3. The highest BCUT2D eigenvalue weighted by Crippen LogP contribution is 2.32. The van der Waals surface area contributed by atoms with Crippen molar-refractivity contribution in [2.45, 2.75) is 37.9 Å². The highest BCUT2D eigenvalue weighted by molar-refractivity contribution is 9.10. The second kappa shape index (κ2) is 7.58. The smallest absolute Gasteiger partial charge is 0.407 e. The summed E-state index contributed by atoms with van der Waals surface area (Å²) >= 11 is 6.66. The van der Waals surface area contributed by atoms with Crippen LogP contribution in [0, 0.1) is 0 Å². The Kier molecular flexibility index (Phi) is 5.59. The molecular formula is C17H19BrN4O2S2. The molecule has 6 nitrogen and oxygen atoms in total. The molecule has 3 heterocycles. The van der Waals surface area contributed by atoms with Crippen LogP contribution < -0.4 is 5.32 Å². The average Bonchev–Trinajstić information content (AvgIpc) is 3.17. The van der Waals surface area contributed by atoms with E-state index in [4.69, 9.17) is 9.72 Å². The number of hydrogen-bond acceptors (Lipinski definition) is 6. The van der Waals surface area contributed by atoms with Crippen molar-refractivity contribution in [1.29, 1.82) is 0 Å². The number of nitrogens with one attached hydrogen (secondary N) is 1. The van der Waals surface area contributed by atoms with Gasteiger partial charge in [-0.25, -0.2) is 14.8 Å². The van der Waals surface area contributed by atoms with Crippen LogP contribution in [0.3, 0.4) is 0 Å². The van der Waals surface area contributed by atoms with Gasteiger partial charge in [0.2, 0.25) is 0 Å². The van der Waals surface area contributed by atoms with Crippen molar-refractivity contribution >= 4 is 50.8 Å². The minimum Gasteiger partial charge on any atom is -0.444 e. The Labute approximate surface area is 168 Å². The number of hydrogen-bond donors (Lipinski definition) is 1. The molecule has 0 atom stereocenters. The Morgan fingerprint density at radius 3 is 2.92 bits per heavy atom. The molecule has 0 spiro atoms. The third-order valence-corrected chi connectivity index (χ3v) is 5.64. The highest BCUT2D eigenvalue weighted by atomic mass is 79.9. The number of aromatic nitrogens is 3. The van der Waals surface area contributed by atoms with Gasteiger partial charge in [-0.1, -0.05) is 0 Å². The van der Waals surface area contributed by atoms with E-state index < -0.39 is 11.7 Å². The van der Waals surface area contributed by atoms with Crippen molar-refractivity contribution in [1.82, 2.24) is 19.7 Å². The van der Waals surface area contributed by atoms with Crippen molar-refractivity contribution in [3.63, 3.8) is 0 Å². The maximum absolute atomic E-state index is 11.9. The second-order valence-corrected chi connectivity index (χ2v) is 9.06. The Morgan fingerprint density at radius 1 is 1.46 bits per heavy atom. The number of imidazole rings is 1. The monoisotopic (exact) mass is 454 g/mol. The number of amides is 1. The van der Waals surface area contributed by atoms with Crippen LogP contribution in [0.5, 0.6) is 0 Å². The van der Waals surface area contributed by atoms with Crippen LogP contribution >= 0.6 is 39.0 Å². The summed E-state index contributed by atoms with van der Waals surface area (Å²) in [7, 11) is 0. The molecule has 9 heteroatoms. The van der Waals surface area contributed by atoms with Gasteiger partial charge in [0.05, 0.1) is 16.8 Å².